The molecule has 2 aliphatic rings. The quantitative estimate of drug-likeness (QED) is 0.646. The summed E-state index contributed by atoms with van der Waals surface area (Å²) in [6.07, 6.45) is 5.23. The van der Waals surface area contributed by atoms with E-state index < -0.39 is 10.0 Å². The van der Waals surface area contributed by atoms with Crippen LogP contribution in [-0.4, -0.2) is 58.8 Å². The van der Waals surface area contributed by atoms with Crippen molar-refractivity contribution in [2.24, 2.45) is 0 Å². The number of anilines is 1. The van der Waals surface area contributed by atoms with Crippen molar-refractivity contribution < 1.29 is 13.2 Å². The molecule has 1 saturated heterocycles. The van der Waals surface area contributed by atoms with Crippen LogP contribution < -0.4 is 4.90 Å². The summed E-state index contributed by atoms with van der Waals surface area (Å²) in [6, 6.07) is 5.15. The largest absolute Gasteiger partial charge is 0.311 e. The molecule has 0 N–H and O–H groups in total. The van der Waals surface area contributed by atoms with Gasteiger partial charge < -0.3 is 9.47 Å². The van der Waals surface area contributed by atoms with Crippen molar-refractivity contribution in [3.05, 3.63) is 30.1 Å². The lowest BCUT2D eigenvalue weighted by Crippen LogP contribution is -2.35. The molecule has 3 heterocycles. The Morgan fingerprint density at radius 3 is 2.72 bits per heavy atom. The molecular weight excluding hydrogens is 410 g/mol. The number of carbonyl (C=O) groups is 1. The lowest BCUT2D eigenvalue weighted by Gasteiger charge is -2.26. The second-order valence-electron chi connectivity index (χ2n) is 7.24. The number of hydrogen-bond donors (Lipinski definition) is 0. The lowest BCUT2D eigenvalue weighted by molar-refractivity contribution is -0.116. The van der Waals surface area contributed by atoms with E-state index in [1.165, 1.54) is 11.8 Å². The summed E-state index contributed by atoms with van der Waals surface area (Å²) in [5, 5.41) is 8.65. The minimum absolute atomic E-state index is 0.00830. The minimum atomic E-state index is -3.46. The number of hydrogen-bond acceptors (Lipinski definition) is 6. The fourth-order valence-electron chi connectivity index (χ4n) is 3.83. The third-order valence-corrected chi connectivity index (χ3v) is 8.31. The van der Waals surface area contributed by atoms with Crippen molar-refractivity contribution in [2.75, 3.05) is 30.3 Å². The Balaban J connectivity index is 1.47. The Kier molecular flexibility index (Phi) is 5.93. The Hall–Kier alpha value is -1.91. The number of aromatic nitrogens is 3. The second kappa shape index (κ2) is 8.45. The van der Waals surface area contributed by atoms with Gasteiger partial charge in [-0.25, -0.2) is 8.42 Å². The van der Waals surface area contributed by atoms with Gasteiger partial charge in [-0.1, -0.05) is 18.2 Å². The predicted octanol–water partition coefficient (Wildman–Crippen LogP) is 2.15. The van der Waals surface area contributed by atoms with Crippen LogP contribution >= 0.6 is 11.8 Å². The van der Waals surface area contributed by atoms with Crippen LogP contribution in [0.2, 0.25) is 0 Å². The van der Waals surface area contributed by atoms with Gasteiger partial charge in [-0.05, 0) is 49.9 Å². The SMILES string of the molecule is CCn1cnnc1SCC(=O)N1CCc2cc(S(=O)(=O)N3CCCCC3)ccc21. The Bertz CT molecular complexity index is 999. The molecule has 2 aromatic rings. The van der Waals surface area contributed by atoms with Crippen LogP contribution in [0.1, 0.15) is 31.7 Å². The van der Waals surface area contributed by atoms with Crippen molar-refractivity contribution in [1.29, 1.82) is 0 Å². The van der Waals surface area contributed by atoms with E-state index >= 15 is 0 Å². The second-order valence-corrected chi connectivity index (χ2v) is 10.1. The Morgan fingerprint density at radius 1 is 1.17 bits per heavy atom. The highest BCUT2D eigenvalue weighted by atomic mass is 32.2. The van der Waals surface area contributed by atoms with Crippen molar-refractivity contribution in [2.45, 2.75) is 49.2 Å². The number of carbonyl (C=O) groups excluding carboxylic acids is 1. The zero-order chi connectivity index (χ0) is 20.4. The first-order valence-electron chi connectivity index (χ1n) is 9.94. The molecule has 0 bridgehead atoms. The van der Waals surface area contributed by atoms with Gasteiger partial charge in [0.15, 0.2) is 5.16 Å². The van der Waals surface area contributed by atoms with Crippen LogP contribution in [0.5, 0.6) is 0 Å². The molecule has 0 unspecified atom stereocenters. The molecule has 4 rings (SSSR count). The van der Waals surface area contributed by atoms with Crippen molar-refractivity contribution in [3.63, 3.8) is 0 Å². The van der Waals surface area contributed by atoms with E-state index in [-0.39, 0.29) is 11.7 Å². The molecule has 1 aromatic heterocycles. The molecule has 8 nitrogen and oxygen atoms in total. The normalized spacial score (nSPS) is 17.5. The van der Waals surface area contributed by atoms with Gasteiger partial charge in [-0.3, -0.25) is 4.79 Å². The number of aryl methyl sites for hydroxylation is 1. The first-order chi connectivity index (χ1) is 14.0. The van der Waals surface area contributed by atoms with Gasteiger partial charge in [0, 0.05) is 31.9 Å². The molecule has 10 heteroatoms. The summed E-state index contributed by atoms with van der Waals surface area (Å²) < 4.78 is 29.3. The Morgan fingerprint density at radius 2 is 1.97 bits per heavy atom. The number of rotatable bonds is 6. The van der Waals surface area contributed by atoms with Gasteiger partial charge in [0.25, 0.3) is 0 Å². The van der Waals surface area contributed by atoms with Gasteiger partial charge in [0.05, 0.1) is 10.6 Å². The van der Waals surface area contributed by atoms with E-state index in [0.29, 0.717) is 31.0 Å². The van der Waals surface area contributed by atoms with Crippen molar-refractivity contribution in [3.8, 4) is 0 Å². The smallest absolute Gasteiger partial charge is 0.243 e. The van der Waals surface area contributed by atoms with E-state index in [2.05, 4.69) is 10.2 Å². The van der Waals surface area contributed by atoms with Crippen LogP contribution in [0, 0.1) is 0 Å². The van der Waals surface area contributed by atoms with Crippen LogP contribution in [0.4, 0.5) is 5.69 Å². The molecule has 2 aliphatic heterocycles. The number of benzene rings is 1. The molecule has 0 atom stereocenters. The first kappa shape index (κ1) is 20.4. The first-order valence-corrected chi connectivity index (χ1v) is 12.4. The average Bonchev–Trinajstić information content (AvgIpc) is 3.38. The van der Waals surface area contributed by atoms with Gasteiger partial charge >= 0.3 is 0 Å². The standard InChI is InChI=1S/C19H25N5O3S2/c1-2-22-14-20-21-19(22)28-13-18(25)24-11-8-15-12-16(6-7-17(15)24)29(26,27)23-9-4-3-5-10-23/h6-7,12,14H,2-5,8-11,13H2,1H3. The number of thioether (sulfide) groups is 1. The highest BCUT2D eigenvalue weighted by molar-refractivity contribution is 7.99. The third-order valence-electron chi connectivity index (χ3n) is 5.45. The molecule has 1 amide bonds. The number of sulfonamides is 1. The predicted molar refractivity (Wildman–Crippen MR) is 112 cm³/mol. The number of amides is 1. The summed E-state index contributed by atoms with van der Waals surface area (Å²) in [4.78, 5) is 14.8. The zero-order valence-electron chi connectivity index (χ0n) is 16.5. The van der Waals surface area contributed by atoms with Crippen LogP contribution in [0.3, 0.4) is 0 Å². The zero-order valence-corrected chi connectivity index (χ0v) is 18.1. The highest BCUT2D eigenvalue weighted by Crippen LogP contribution is 2.32. The van der Waals surface area contributed by atoms with E-state index in [0.717, 1.165) is 42.2 Å². The molecule has 1 aromatic carbocycles. The number of fused-ring (bicyclic) bond motifs is 1. The maximum atomic E-state index is 12.9. The molecule has 1 fully saturated rings. The number of nitrogens with zero attached hydrogens (tertiary/aromatic N) is 5. The third kappa shape index (κ3) is 4.06. The molecule has 0 saturated carbocycles. The average molecular weight is 436 g/mol. The van der Waals surface area contributed by atoms with Crippen molar-refractivity contribution in [1.82, 2.24) is 19.1 Å². The molecular formula is C19H25N5O3S2. The van der Waals surface area contributed by atoms with Crippen LogP contribution in [0.25, 0.3) is 0 Å². The Labute approximate surface area is 175 Å². The molecule has 29 heavy (non-hydrogen) atoms. The van der Waals surface area contributed by atoms with Gasteiger partial charge in [-0.15, -0.1) is 10.2 Å². The van der Waals surface area contributed by atoms with Crippen LogP contribution in [-0.2, 0) is 27.8 Å². The summed E-state index contributed by atoms with van der Waals surface area (Å²) in [5.41, 5.74) is 1.73. The monoisotopic (exact) mass is 435 g/mol. The molecule has 0 aliphatic carbocycles. The summed E-state index contributed by atoms with van der Waals surface area (Å²) in [7, 11) is -3.46. The topological polar surface area (TPSA) is 88.4 Å². The fourth-order valence-corrected chi connectivity index (χ4v) is 6.25. The summed E-state index contributed by atoms with van der Waals surface area (Å²) in [5.74, 6) is 0.262. The van der Waals surface area contributed by atoms with Gasteiger partial charge in [-0.2, -0.15) is 4.31 Å². The van der Waals surface area contributed by atoms with E-state index in [1.807, 2.05) is 11.5 Å². The minimum Gasteiger partial charge on any atom is -0.311 e. The van der Waals surface area contributed by atoms with E-state index in [9.17, 15) is 13.2 Å². The van der Waals surface area contributed by atoms with Crippen LogP contribution in [0.15, 0.2) is 34.6 Å². The maximum Gasteiger partial charge on any atom is 0.243 e. The maximum absolute atomic E-state index is 12.9. The molecule has 0 radical (unpaired) electrons. The fraction of sp³-hybridized carbons (Fsp3) is 0.526. The van der Waals surface area contributed by atoms with E-state index in [4.69, 9.17) is 0 Å². The van der Waals surface area contributed by atoms with Gasteiger partial charge in [0.1, 0.15) is 6.33 Å². The lowest BCUT2D eigenvalue weighted by atomic mass is 10.2. The number of piperidine rings is 1. The highest BCUT2D eigenvalue weighted by Gasteiger charge is 2.30. The summed E-state index contributed by atoms with van der Waals surface area (Å²) >= 11 is 1.37. The molecule has 0 spiro atoms. The van der Waals surface area contributed by atoms with Crippen molar-refractivity contribution >= 4 is 33.4 Å². The van der Waals surface area contributed by atoms with Gasteiger partial charge in [0.2, 0.25) is 15.9 Å². The van der Waals surface area contributed by atoms with E-state index in [1.54, 1.807) is 33.7 Å². The summed E-state index contributed by atoms with van der Waals surface area (Å²) in [6.45, 7) is 4.50. The molecule has 156 valence electrons.